The van der Waals surface area contributed by atoms with Crippen molar-refractivity contribution in [2.24, 2.45) is 4.99 Å². The van der Waals surface area contributed by atoms with Gasteiger partial charge in [0, 0.05) is 41.9 Å². The Morgan fingerprint density at radius 1 is 1.00 bits per heavy atom. The van der Waals surface area contributed by atoms with Crippen LogP contribution < -0.4 is 0 Å². The Balaban J connectivity index is 1.82. The molecule has 0 atom stereocenters. The van der Waals surface area contributed by atoms with Gasteiger partial charge in [-0.1, -0.05) is 13.8 Å². The minimum atomic E-state index is -3.49. The van der Waals surface area contributed by atoms with E-state index in [2.05, 4.69) is 9.56 Å². The van der Waals surface area contributed by atoms with Gasteiger partial charge < -0.3 is 9.30 Å². The molecule has 0 aliphatic heterocycles. The molecule has 3 aromatic rings. The normalized spacial score (nSPS) is 11.9. The van der Waals surface area contributed by atoms with Crippen molar-refractivity contribution in [3.8, 4) is 5.69 Å². The first-order chi connectivity index (χ1) is 16.2. The first-order valence-corrected chi connectivity index (χ1v) is 12.8. The summed E-state index contributed by atoms with van der Waals surface area (Å²) in [6, 6.07) is 15.9. The van der Waals surface area contributed by atoms with Gasteiger partial charge >= 0.3 is 5.97 Å². The fourth-order valence-electron chi connectivity index (χ4n) is 3.84. The molecule has 3 rings (SSSR count). The van der Waals surface area contributed by atoms with Crippen LogP contribution in [0.3, 0.4) is 0 Å². The third-order valence-electron chi connectivity index (χ3n) is 5.64. The SMILES string of the molecule is CCOC(=O)c1ccc(-n2c(C)cc(C=Nc3ccc(S(=O)(=O)N(CC)CC)cc3)c2C)cc1. The van der Waals surface area contributed by atoms with E-state index in [1.165, 1.54) is 4.31 Å². The number of aryl methyl sites for hydroxylation is 1. The predicted octanol–water partition coefficient (Wildman–Crippen LogP) is 5.05. The van der Waals surface area contributed by atoms with Crippen LogP contribution in [0.25, 0.3) is 5.69 Å². The minimum Gasteiger partial charge on any atom is -0.462 e. The summed E-state index contributed by atoms with van der Waals surface area (Å²) in [5.74, 6) is -0.335. The molecule has 8 heteroatoms. The van der Waals surface area contributed by atoms with Crippen LogP contribution in [0.5, 0.6) is 0 Å². The topological polar surface area (TPSA) is 81.0 Å². The Morgan fingerprint density at radius 2 is 1.62 bits per heavy atom. The van der Waals surface area contributed by atoms with E-state index in [0.29, 0.717) is 30.9 Å². The molecular formula is C26H31N3O4S. The van der Waals surface area contributed by atoms with E-state index in [4.69, 9.17) is 4.74 Å². The number of hydrogen-bond acceptors (Lipinski definition) is 5. The summed E-state index contributed by atoms with van der Waals surface area (Å²) in [5, 5.41) is 0. The van der Waals surface area contributed by atoms with Gasteiger partial charge in [-0.2, -0.15) is 4.31 Å². The Bertz CT molecular complexity index is 1270. The van der Waals surface area contributed by atoms with E-state index >= 15 is 0 Å². The molecule has 0 bridgehead atoms. The van der Waals surface area contributed by atoms with Crippen LogP contribution in [0.1, 0.15) is 48.1 Å². The number of carbonyl (C=O) groups is 1. The van der Waals surface area contributed by atoms with Crippen molar-refractivity contribution in [3.05, 3.63) is 77.1 Å². The van der Waals surface area contributed by atoms with Crippen LogP contribution in [0.4, 0.5) is 5.69 Å². The fourth-order valence-corrected chi connectivity index (χ4v) is 5.30. The number of aromatic nitrogens is 1. The smallest absolute Gasteiger partial charge is 0.338 e. The molecule has 1 heterocycles. The zero-order valence-electron chi connectivity index (χ0n) is 20.3. The largest absolute Gasteiger partial charge is 0.462 e. The highest BCUT2D eigenvalue weighted by atomic mass is 32.2. The second-order valence-electron chi connectivity index (χ2n) is 7.77. The molecule has 1 aromatic heterocycles. The van der Waals surface area contributed by atoms with Crippen molar-refractivity contribution in [1.82, 2.24) is 8.87 Å². The number of benzene rings is 2. The number of rotatable bonds is 9. The number of nitrogens with zero attached hydrogens (tertiary/aromatic N) is 3. The molecule has 0 unspecified atom stereocenters. The first kappa shape index (κ1) is 25.4. The average molecular weight is 482 g/mol. The molecule has 0 fully saturated rings. The summed E-state index contributed by atoms with van der Waals surface area (Å²) in [6.07, 6.45) is 1.78. The highest BCUT2D eigenvalue weighted by Crippen LogP contribution is 2.23. The zero-order chi connectivity index (χ0) is 24.9. The molecule has 0 radical (unpaired) electrons. The van der Waals surface area contributed by atoms with Crippen molar-refractivity contribution in [2.45, 2.75) is 39.5 Å². The maximum atomic E-state index is 12.7. The van der Waals surface area contributed by atoms with Gasteiger partial charge in [0.2, 0.25) is 10.0 Å². The van der Waals surface area contributed by atoms with Crippen LogP contribution in [-0.4, -0.2) is 49.2 Å². The second-order valence-corrected chi connectivity index (χ2v) is 9.71. The van der Waals surface area contributed by atoms with Crippen LogP contribution in [0.15, 0.2) is 64.5 Å². The number of aliphatic imine (C=N–C) groups is 1. The molecule has 0 saturated carbocycles. The molecule has 2 aromatic carbocycles. The van der Waals surface area contributed by atoms with Gasteiger partial charge in [0.05, 0.1) is 22.8 Å². The summed E-state index contributed by atoms with van der Waals surface area (Å²) in [5.41, 5.74) is 5.11. The molecule has 0 aliphatic rings. The van der Waals surface area contributed by atoms with E-state index in [1.54, 1.807) is 49.5 Å². The average Bonchev–Trinajstić information content (AvgIpc) is 3.11. The van der Waals surface area contributed by atoms with Gasteiger partial charge in [0.15, 0.2) is 0 Å². The Morgan fingerprint density at radius 3 is 2.18 bits per heavy atom. The molecular weight excluding hydrogens is 450 g/mol. The van der Waals surface area contributed by atoms with Crippen molar-refractivity contribution in [1.29, 1.82) is 0 Å². The lowest BCUT2D eigenvalue weighted by molar-refractivity contribution is 0.0526. The van der Waals surface area contributed by atoms with Gasteiger partial charge in [-0.3, -0.25) is 4.99 Å². The van der Waals surface area contributed by atoms with Crippen LogP contribution in [-0.2, 0) is 14.8 Å². The van der Waals surface area contributed by atoms with Gasteiger partial charge in [-0.15, -0.1) is 0 Å². The van der Waals surface area contributed by atoms with Crippen molar-refractivity contribution in [3.63, 3.8) is 0 Å². The summed E-state index contributed by atoms with van der Waals surface area (Å²) < 4.78 is 33.9. The molecule has 0 aliphatic carbocycles. The molecule has 180 valence electrons. The first-order valence-electron chi connectivity index (χ1n) is 11.3. The minimum absolute atomic E-state index is 0.264. The van der Waals surface area contributed by atoms with Crippen LogP contribution >= 0.6 is 0 Å². The van der Waals surface area contributed by atoms with E-state index in [-0.39, 0.29) is 10.9 Å². The third-order valence-corrected chi connectivity index (χ3v) is 7.70. The van der Waals surface area contributed by atoms with Gasteiger partial charge in [-0.05, 0) is 75.4 Å². The Kier molecular flexibility index (Phi) is 8.06. The summed E-state index contributed by atoms with van der Waals surface area (Å²) >= 11 is 0. The van der Waals surface area contributed by atoms with Crippen LogP contribution in [0, 0.1) is 13.8 Å². The van der Waals surface area contributed by atoms with E-state index < -0.39 is 10.0 Å². The van der Waals surface area contributed by atoms with Gasteiger partial charge in [-0.25, -0.2) is 13.2 Å². The van der Waals surface area contributed by atoms with Gasteiger partial charge in [0.1, 0.15) is 0 Å². The highest BCUT2D eigenvalue weighted by molar-refractivity contribution is 7.89. The summed E-state index contributed by atoms with van der Waals surface area (Å²) in [7, 11) is -3.49. The van der Waals surface area contributed by atoms with Crippen molar-refractivity contribution >= 4 is 27.9 Å². The van der Waals surface area contributed by atoms with E-state index in [0.717, 1.165) is 22.6 Å². The molecule has 34 heavy (non-hydrogen) atoms. The lowest BCUT2D eigenvalue weighted by atomic mass is 10.2. The lowest BCUT2D eigenvalue weighted by Gasteiger charge is -2.18. The third kappa shape index (κ3) is 5.29. The maximum Gasteiger partial charge on any atom is 0.338 e. The lowest BCUT2D eigenvalue weighted by Crippen LogP contribution is -2.30. The molecule has 0 saturated heterocycles. The predicted molar refractivity (Wildman–Crippen MR) is 135 cm³/mol. The molecule has 0 spiro atoms. The van der Waals surface area contributed by atoms with Gasteiger partial charge in [0.25, 0.3) is 0 Å². The molecule has 7 nitrogen and oxygen atoms in total. The Hall–Kier alpha value is -3.23. The summed E-state index contributed by atoms with van der Waals surface area (Å²) in [4.78, 5) is 16.7. The standard InChI is InChI=1S/C26H31N3O4S/c1-6-28(7-2)34(31,32)25-15-11-23(12-16-25)27-18-22-17-19(4)29(20(22)5)24-13-9-21(10-14-24)26(30)33-8-3/h9-18H,6-8H2,1-5H3. The molecule has 0 N–H and O–H groups in total. The zero-order valence-corrected chi connectivity index (χ0v) is 21.1. The number of carbonyl (C=O) groups excluding carboxylic acids is 1. The number of esters is 1. The number of hydrogen-bond donors (Lipinski definition) is 0. The number of sulfonamides is 1. The van der Waals surface area contributed by atoms with Crippen molar-refractivity contribution < 1.29 is 17.9 Å². The van der Waals surface area contributed by atoms with E-state index in [1.807, 2.05) is 45.9 Å². The fraction of sp³-hybridized carbons (Fsp3) is 0.308. The molecule has 0 amide bonds. The second kappa shape index (κ2) is 10.8. The highest BCUT2D eigenvalue weighted by Gasteiger charge is 2.21. The Labute approximate surface area is 201 Å². The quantitative estimate of drug-likeness (QED) is 0.316. The van der Waals surface area contributed by atoms with Crippen LogP contribution in [0.2, 0.25) is 0 Å². The summed E-state index contributed by atoms with van der Waals surface area (Å²) in [6.45, 7) is 10.7. The maximum absolute atomic E-state index is 12.7. The monoisotopic (exact) mass is 481 g/mol. The van der Waals surface area contributed by atoms with E-state index in [9.17, 15) is 13.2 Å². The number of ether oxygens (including phenoxy) is 1. The van der Waals surface area contributed by atoms with Crippen molar-refractivity contribution in [2.75, 3.05) is 19.7 Å².